The van der Waals surface area contributed by atoms with Crippen molar-refractivity contribution in [3.63, 3.8) is 0 Å². The molecule has 0 spiro atoms. The van der Waals surface area contributed by atoms with Gasteiger partial charge in [-0.2, -0.15) is 0 Å². The third kappa shape index (κ3) is 4.84. The lowest BCUT2D eigenvalue weighted by molar-refractivity contribution is 0.0272. The van der Waals surface area contributed by atoms with E-state index in [1.165, 1.54) is 0 Å². The molecule has 0 bridgehead atoms. The maximum atomic E-state index is 9.64. The van der Waals surface area contributed by atoms with Crippen LogP contribution in [-0.2, 0) is 26.6 Å². The monoisotopic (exact) mass is 385 g/mol. The molecule has 0 amide bonds. The molecule has 1 N–H and O–H groups in total. The Labute approximate surface area is 148 Å². The smallest absolute Gasteiger partial charge is 0.395 e. The van der Waals surface area contributed by atoms with Crippen molar-refractivity contribution >= 4 is 17.6 Å². The van der Waals surface area contributed by atoms with Gasteiger partial charge in [-0.3, -0.25) is 4.90 Å². The van der Waals surface area contributed by atoms with E-state index in [0.29, 0.717) is 6.54 Å². The Morgan fingerprint density at radius 2 is 1.00 bits per heavy atom. The van der Waals surface area contributed by atoms with Gasteiger partial charge in [-0.15, -0.1) is 0 Å². The van der Waals surface area contributed by atoms with Gasteiger partial charge in [-0.1, -0.05) is 13.8 Å². The van der Waals surface area contributed by atoms with Crippen LogP contribution in [-0.4, -0.2) is 94.8 Å². The van der Waals surface area contributed by atoms with E-state index in [0.717, 1.165) is 12.8 Å². The Hall–Kier alpha value is 0.114. The fraction of sp³-hybridized carbons (Fsp3) is 1.00. The molecular formula is C14H35NO7Si2. The fourth-order valence-corrected chi connectivity index (χ4v) is 8.55. The van der Waals surface area contributed by atoms with Crippen LogP contribution >= 0.6 is 0 Å². The summed E-state index contributed by atoms with van der Waals surface area (Å²) in [4.78, 5) is 2.10. The second-order valence-corrected chi connectivity index (χ2v) is 11.4. The minimum absolute atomic E-state index is 0.0176. The first-order valence-electron chi connectivity index (χ1n) is 8.13. The number of nitrogens with zero attached hydrogens (tertiary/aromatic N) is 1. The SMILES string of the molecule is CCC(N(CCO)C(CC)[Si](OC)(OC)OC)[Si](OC)(OC)OC. The Balaban J connectivity index is 6.02. The van der Waals surface area contributed by atoms with Gasteiger partial charge in [0.1, 0.15) is 0 Å². The summed E-state index contributed by atoms with van der Waals surface area (Å²) in [6.07, 6.45) is 1.44. The average Bonchev–Trinajstić information content (AvgIpc) is 2.63. The first kappa shape index (κ1) is 24.1. The summed E-state index contributed by atoms with van der Waals surface area (Å²) in [5.41, 5.74) is -0.330. The van der Waals surface area contributed by atoms with E-state index < -0.39 is 17.6 Å². The summed E-state index contributed by atoms with van der Waals surface area (Å²) in [7, 11) is 3.60. The molecule has 0 radical (unpaired) electrons. The molecule has 2 unspecified atom stereocenters. The molecule has 0 fully saturated rings. The van der Waals surface area contributed by atoms with Gasteiger partial charge in [0, 0.05) is 49.2 Å². The van der Waals surface area contributed by atoms with E-state index in [-0.39, 0.29) is 17.9 Å². The number of aliphatic hydroxyl groups is 1. The molecule has 146 valence electrons. The first-order chi connectivity index (χ1) is 11.5. The zero-order valence-electron chi connectivity index (χ0n) is 16.3. The van der Waals surface area contributed by atoms with Crippen molar-refractivity contribution in [3.8, 4) is 0 Å². The van der Waals surface area contributed by atoms with Gasteiger partial charge in [-0.25, -0.2) is 0 Å². The standard InChI is InChI=1S/C14H35NO7Si2/c1-9-13(23(17-3,18-4)19-5)15(11-12-16)14(10-2)24(20-6,21-7)22-8/h13-14,16H,9-12H2,1-8H3. The van der Waals surface area contributed by atoms with Crippen LogP contribution in [0.5, 0.6) is 0 Å². The molecule has 0 aromatic rings. The summed E-state index contributed by atoms with van der Waals surface area (Å²) in [6.45, 7) is 4.47. The highest BCUT2D eigenvalue weighted by Gasteiger charge is 2.57. The molecule has 0 saturated carbocycles. The van der Waals surface area contributed by atoms with Gasteiger partial charge < -0.3 is 31.7 Å². The molecule has 0 heterocycles. The van der Waals surface area contributed by atoms with E-state index in [1.54, 1.807) is 42.7 Å². The van der Waals surface area contributed by atoms with Crippen molar-refractivity contribution in [1.82, 2.24) is 4.90 Å². The van der Waals surface area contributed by atoms with E-state index >= 15 is 0 Å². The van der Waals surface area contributed by atoms with Gasteiger partial charge >= 0.3 is 17.6 Å². The van der Waals surface area contributed by atoms with Crippen LogP contribution in [0.3, 0.4) is 0 Å². The highest BCUT2D eigenvalue weighted by molar-refractivity contribution is 6.64. The second-order valence-electron chi connectivity index (χ2n) is 5.24. The van der Waals surface area contributed by atoms with E-state index in [2.05, 4.69) is 4.90 Å². The Morgan fingerprint density at radius 1 is 0.708 bits per heavy atom. The van der Waals surface area contributed by atoms with Crippen molar-refractivity contribution in [1.29, 1.82) is 0 Å². The topological polar surface area (TPSA) is 78.9 Å². The third-order valence-corrected chi connectivity index (χ3v) is 11.0. The largest absolute Gasteiger partial charge is 0.518 e. The summed E-state index contributed by atoms with van der Waals surface area (Å²) in [5.74, 6) is 0. The lowest BCUT2D eigenvalue weighted by Gasteiger charge is -2.46. The first-order valence-corrected chi connectivity index (χ1v) is 11.7. The van der Waals surface area contributed by atoms with Gasteiger partial charge in [0.2, 0.25) is 0 Å². The van der Waals surface area contributed by atoms with Crippen LogP contribution in [0.2, 0.25) is 0 Å². The summed E-state index contributed by atoms with van der Waals surface area (Å²) < 4.78 is 34.1. The number of aliphatic hydroxyl groups excluding tert-OH is 1. The third-order valence-electron chi connectivity index (χ3n) is 4.46. The van der Waals surface area contributed by atoms with Gasteiger partial charge in [-0.05, 0) is 12.8 Å². The molecule has 0 aliphatic carbocycles. The quantitative estimate of drug-likeness (QED) is 0.437. The molecule has 0 aromatic carbocycles. The summed E-state index contributed by atoms with van der Waals surface area (Å²) in [5, 5.41) is 9.64. The molecule has 24 heavy (non-hydrogen) atoms. The lowest BCUT2D eigenvalue weighted by Crippen LogP contribution is -2.70. The van der Waals surface area contributed by atoms with Crippen molar-refractivity contribution in [2.24, 2.45) is 0 Å². The molecular weight excluding hydrogens is 350 g/mol. The Kier molecular flexibility index (Phi) is 11.7. The number of hydrogen-bond donors (Lipinski definition) is 1. The van der Waals surface area contributed by atoms with Crippen LogP contribution in [0.4, 0.5) is 0 Å². The molecule has 0 aliphatic rings. The molecule has 0 aliphatic heterocycles. The number of rotatable bonds is 14. The van der Waals surface area contributed by atoms with Crippen LogP contribution in [0.15, 0.2) is 0 Å². The zero-order chi connectivity index (χ0) is 18.8. The van der Waals surface area contributed by atoms with Crippen LogP contribution < -0.4 is 0 Å². The van der Waals surface area contributed by atoms with Crippen LogP contribution in [0.1, 0.15) is 26.7 Å². The minimum Gasteiger partial charge on any atom is -0.395 e. The molecule has 2 atom stereocenters. The Morgan fingerprint density at radius 3 is 1.17 bits per heavy atom. The minimum atomic E-state index is -2.97. The molecule has 8 nitrogen and oxygen atoms in total. The second kappa shape index (κ2) is 11.7. The van der Waals surface area contributed by atoms with Crippen molar-refractivity contribution < 1.29 is 31.7 Å². The summed E-state index contributed by atoms with van der Waals surface area (Å²) in [6, 6.07) is 0. The van der Waals surface area contributed by atoms with Crippen LogP contribution in [0.25, 0.3) is 0 Å². The van der Waals surface area contributed by atoms with E-state index in [9.17, 15) is 5.11 Å². The molecule has 10 heteroatoms. The maximum absolute atomic E-state index is 9.64. The molecule has 0 saturated heterocycles. The zero-order valence-corrected chi connectivity index (χ0v) is 18.3. The van der Waals surface area contributed by atoms with Gasteiger partial charge in [0.15, 0.2) is 0 Å². The Bertz CT molecular complexity index is 286. The number of hydrogen-bond acceptors (Lipinski definition) is 8. The van der Waals surface area contributed by atoms with Crippen molar-refractivity contribution in [2.75, 3.05) is 55.8 Å². The normalized spacial score (nSPS) is 15.8. The lowest BCUT2D eigenvalue weighted by atomic mass is 10.3. The fourth-order valence-electron chi connectivity index (χ4n) is 3.34. The highest BCUT2D eigenvalue weighted by atomic mass is 28.4. The van der Waals surface area contributed by atoms with Crippen molar-refractivity contribution in [3.05, 3.63) is 0 Å². The van der Waals surface area contributed by atoms with Gasteiger partial charge in [0.25, 0.3) is 0 Å². The van der Waals surface area contributed by atoms with Crippen LogP contribution in [0, 0.1) is 0 Å². The molecule has 0 rings (SSSR count). The predicted molar refractivity (Wildman–Crippen MR) is 95.5 cm³/mol. The maximum Gasteiger partial charge on any atom is 0.518 e. The van der Waals surface area contributed by atoms with Gasteiger partial charge in [0.05, 0.1) is 17.9 Å². The highest BCUT2D eigenvalue weighted by Crippen LogP contribution is 2.28. The molecule has 0 aromatic heterocycles. The summed E-state index contributed by atoms with van der Waals surface area (Å²) >= 11 is 0. The van der Waals surface area contributed by atoms with Crippen molar-refractivity contribution in [2.45, 2.75) is 38.0 Å². The average molecular weight is 386 g/mol. The van der Waals surface area contributed by atoms with E-state index in [4.69, 9.17) is 26.6 Å². The predicted octanol–water partition coefficient (Wildman–Crippen LogP) is 0.673. The van der Waals surface area contributed by atoms with E-state index in [1.807, 2.05) is 13.8 Å².